The highest BCUT2D eigenvalue weighted by atomic mass is 19.4. The van der Waals surface area contributed by atoms with Crippen molar-refractivity contribution in [1.29, 1.82) is 0 Å². The van der Waals surface area contributed by atoms with Crippen molar-refractivity contribution < 1.29 is 22.6 Å². The molecule has 4 rings (SSSR count). The highest BCUT2D eigenvalue weighted by Gasteiger charge is 2.28. The first-order valence-corrected chi connectivity index (χ1v) is 8.49. The Hall–Kier alpha value is -3.56. The van der Waals surface area contributed by atoms with Crippen LogP contribution in [-0.4, -0.2) is 39.1 Å². The van der Waals surface area contributed by atoms with Crippen molar-refractivity contribution in [2.75, 3.05) is 13.7 Å². The second-order valence-corrected chi connectivity index (χ2v) is 6.33. The highest BCUT2D eigenvalue weighted by molar-refractivity contribution is 5.83. The van der Waals surface area contributed by atoms with Crippen molar-refractivity contribution in [3.8, 4) is 22.9 Å². The zero-order chi connectivity index (χ0) is 20.8. The summed E-state index contributed by atoms with van der Waals surface area (Å²) in [5.41, 5.74) is 1.86. The van der Waals surface area contributed by atoms with Gasteiger partial charge < -0.3 is 9.47 Å². The summed E-state index contributed by atoms with van der Waals surface area (Å²) in [6.07, 6.45) is -3.12. The number of fused-ring (bicyclic) bond motifs is 3. The van der Waals surface area contributed by atoms with Gasteiger partial charge in [-0.1, -0.05) is 0 Å². The zero-order valence-electron chi connectivity index (χ0n) is 15.4. The fourth-order valence-electron chi connectivity index (χ4n) is 3.01. The van der Waals surface area contributed by atoms with E-state index in [0.717, 1.165) is 0 Å². The van der Waals surface area contributed by atoms with Gasteiger partial charge in [-0.25, -0.2) is 9.50 Å². The number of methoxy groups -OCH3 is 1. The fourth-order valence-corrected chi connectivity index (χ4v) is 3.01. The molecule has 0 aliphatic carbocycles. The Morgan fingerprint density at radius 2 is 1.93 bits per heavy atom. The van der Waals surface area contributed by atoms with Gasteiger partial charge in [-0.15, -0.1) is 0 Å². The molecule has 0 aliphatic heterocycles. The summed E-state index contributed by atoms with van der Waals surface area (Å²) in [5, 5.41) is 4.96. The number of hydrogen-bond donors (Lipinski definition) is 0. The van der Waals surface area contributed by atoms with Gasteiger partial charge in [0.1, 0.15) is 11.4 Å². The maximum Gasteiger partial charge on any atom is 0.422 e. The summed E-state index contributed by atoms with van der Waals surface area (Å²) in [6.45, 7) is -1.43. The Bertz CT molecular complexity index is 1280. The number of nitrogens with zero attached hydrogens (tertiary/aromatic N) is 4. The number of aromatic nitrogens is 4. The van der Waals surface area contributed by atoms with Crippen LogP contribution in [0.1, 0.15) is 0 Å². The summed E-state index contributed by atoms with van der Waals surface area (Å²) in [4.78, 5) is 16.5. The van der Waals surface area contributed by atoms with E-state index < -0.39 is 12.8 Å². The van der Waals surface area contributed by atoms with Gasteiger partial charge in [0.05, 0.1) is 23.7 Å². The lowest BCUT2D eigenvalue weighted by Gasteiger charge is -2.08. The largest absolute Gasteiger partial charge is 0.497 e. The van der Waals surface area contributed by atoms with Crippen LogP contribution >= 0.6 is 0 Å². The highest BCUT2D eigenvalue weighted by Crippen LogP contribution is 2.26. The smallest absolute Gasteiger partial charge is 0.422 e. The number of hydrogen-bond acceptors (Lipinski definition) is 5. The molecule has 0 amide bonds. The molecule has 1 aromatic carbocycles. The van der Waals surface area contributed by atoms with E-state index in [1.165, 1.54) is 23.9 Å². The first-order valence-electron chi connectivity index (χ1n) is 8.49. The minimum atomic E-state index is -4.46. The van der Waals surface area contributed by atoms with Gasteiger partial charge in [0.2, 0.25) is 5.88 Å². The molecular weight excluding hydrogens is 389 g/mol. The van der Waals surface area contributed by atoms with E-state index in [1.807, 2.05) is 0 Å². The monoisotopic (exact) mass is 404 g/mol. The molecule has 150 valence electrons. The Labute approximate surface area is 161 Å². The summed E-state index contributed by atoms with van der Waals surface area (Å²) in [6, 6.07) is 9.73. The summed E-state index contributed by atoms with van der Waals surface area (Å²) < 4.78 is 50.1. The minimum absolute atomic E-state index is 0.166. The normalized spacial score (nSPS) is 11.9. The van der Waals surface area contributed by atoms with E-state index in [1.54, 1.807) is 41.9 Å². The molecule has 3 aromatic heterocycles. The molecule has 10 heteroatoms. The lowest BCUT2D eigenvalue weighted by atomic mass is 10.2. The molecule has 0 unspecified atom stereocenters. The van der Waals surface area contributed by atoms with Gasteiger partial charge in [-0.2, -0.15) is 18.3 Å². The van der Waals surface area contributed by atoms with Crippen LogP contribution in [0.25, 0.3) is 27.8 Å². The maximum atomic E-state index is 12.7. The van der Waals surface area contributed by atoms with Crippen LogP contribution in [0.3, 0.4) is 0 Å². The summed E-state index contributed by atoms with van der Waals surface area (Å²) in [7, 11) is 3.13. The molecule has 0 bridgehead atoms. The molecule has 4 aromatic rings. The van der Waals surface area contributed by atoms with Gasteiger partial charge >= 0.3 is 6.18 Å². The Kier molecular flexibility index (Phi) is 4.40. The number of ether oxygens (including phenoxy) is 2. The van der Waals surface area contributed by atoms with Crippen LogP contribution < -0.4 is 15.0 Å². The van der Waals surface area contributed by atoms with E-state index in [4.69, 9.17) is 9.47 Å². The van der Waals surface area contributed by atoms with E-state index >= 15 is 0 Å². The average molecular weight is 404 g/mol. The number of aryl methyl sites for hydroxylation is 1. The van der Waals surface area contributed by atoms with Crippen LogP contribution in [-0.2, 0) is 7.05 Å². The predicted octanol–water partition coefficient (Wildman–Crippen LogP) is 3.20. The zero-order valence-corrected chi connectivity index (χ0v) is 15.4. The van der Waals surface area contributed by atoms with Crippen LogP contribution in [0.15, 0.2) is 47.4 Å². The van der Waals surface area contributed by atoms with Crippen LogP contribution in [0.4, 0.5) is 13.2 Å². The lowest BCUT2D eigenvalue weighted by Crippen LogP contribution is -2.19. The Morgan fingerprint density at radius 1 is 1.14 bits per heavy atom. The molecule has 7 nitrogen and oxygen atoms in total. The molecular formula is C19H15F3N4O3. The van der Waals surface area contributed by atoms with Gasteiger partial charge in [0.15, 0.2) is 6.61 Å². The molecule has 0 atom stereocenters. The van der Waals surface area contributed by atoms with E-state index in [2.05, 4.69) is 10.1 Å². The van der Waals surface area contributed by atoms with Crippen LogP contribution in [0, 0.1) is 0 Å². The number of alkyl halides is 3. The molecule has 0 radical (unpaired) electrons. The van der Waals surface area contributed by atoms with Crippen molar-refractivity contribution in [3.05, 3.63) is 52.9 Å². The molecule has 0 fully saturated rings. The topological polar surface area (TPSA) is 70.7 Å². The van der Waals surface area contributed by atoms with Crippen molar-refractivity contribution in [2.45, 2.75) is 6.18 Å². The third-order valence-corrected chi connectivity index (χ3v) is 4.42. The summed E-state index contributed by atoms with van der Waals surface area (Å²) in [5.74, 6) is 0.377. The van der Waals surface area contributed by atoms with E-state index in [0.29, 0.717) is 33.6 Å². The predicted molar refractivity (Wildman–Crippen MR) is 99.3 cm³/mol. The minimum Gasteiger partial charge on any atom is -0.497 e. The third-order valence-electron chi connectivity index (χ3n) is 4.42. The van der Waals surface area contributed by atoms with Crippen molar-refractivity contribution in [2.24, 2.45) is 7.05 Å². The number of halogens is 3. The molecule has 29 heavy (non-hydrogen) atoms. The molecule has 0 saturated carbocycles. The first kappa shape index (κ1) is 18.8. The summed E-state index contributed by atoms with van der Waals surface area (Å²) >= 11 is 0. The Morgan fingerprint density at radius 3 is 2.66 bits per heavy atom. The van der Waals surface area contributed by atoms with Gasteiger partial charge in [0, 0.05) is 30.9 Å². The average Bonchev–Trinajstić information content (AvgIpc) is 3.15. The van der Waals surface area contributed by atoms with Crippen LogP contribution in [0.2, 0.25) is 0 Å². The second kappa shape index (κ2) is 6.80. The van der Waals surface area contributed by atoms with Crippen molar-refractivity contribution in [3.63, 3.8) is 0 Å². The molecule has 0 aliphatic rings. The fraction of sp³-hybridized carbons (Fsp3) is 0.211. The van der Waals surface area contributed by atoms with E-state index in [9.17, 15) is 18.0 Å². The maximum absolute atomic E-state index is 12.7. The molecule has 0 spiro atoms. The van der Waals surface area contributed by atoms with Gasteiger partial charge in [-0.05, 0) is 24.3 Å². The van der Waals surface area contributed by atoms with Crippen molar-refractivity contribution in [1.82, 2.24) is 19.2 Å². The standard InChI is InChI=1S/C19H15F3N4O3/c1-25-17-9-14(11-5-6-23-16(7-11)29-10-19(20,21)22)24-26(17)15-4-3-12(28-2)8-13(15)18(25)27/h3-9H,10H2,1-2H3. The second-order valence-electron chi connectivity index (χ2n) is 6.33. The first-order chi connectivity index (χ1) is 13.8. The molecule has 0 saturated heterocycles. The van der Waals surface area contributed by atoms with Gasteiger partial charge in [0.25, 0.3) is 5.56 Å². The quantitative estimate of drug-likeness (QED) is 0.523. The van der Waals surface area contributed by atoms with Crippen molar-refractivity contribution >= 4 is 16.6 Å². The molecule has 3 heterocycles. The Balaban J connectivity index is 1.83. The number of rotatable bonds is 4. The number of pyridine rings is 1. The van der Waals surface area contributed by atoms with Gasteiger partial charge in [-0.3, -0.25) is 9.36 Å². The van der Waals surface area contributed by atoms with Crippen LogP contribution in [0.5, 0.6) is 11.6 Å². The number of benzene rings is 1. The van der Waals surface area contributed by atoms with E-state index in [-0.39, 0.29) is 11.4 Å². The third kappa shape index (κ3) is 3.48. The lowest BCUT2D eigenvalue weighted by molar-refractivity contribution is -0.154. The SMILES string of the molecule is COc1ccc2c(c1)c(=O)n(C)c1cc(-c3ccnc(OCC(F)(F)F)c3)nn21. The molecule has 0 N–H and O–H groups in total.